The molecule has 0 spiro atoms. The van der Waals surface area contributed by atoms with Crippen molar-refractivity contribution in [2.75, 3.05) is 11.9 Å². The molecule has 0 amide bonds. The average Bonchev–Trinajstić information content (AvgIpc) is 2.99. The van der Waals surface area contributed by atoms with Gasteiger partial charge in [-0.05, 0) is 17.7 Å². The van der Waals surface area contributed by atoms with E-state index in [1.165, 1.54) is 5.56 Å². The Morgan fingerprint density at radius 3 is 2.48 bits per heavy atom. The first kappa shape index (κ1) is 14.3. The van der Waals surface area contributed by atoms with E-state index in [0.29, 0.717) is 0 Å². The molecule has 0 radical (unpaired) electrons. The van der Waals surface area contributed by atoms with Gasteiger partial charge >= 0.3 is 0 Å². The second-order valence-corrected chi connectivity index (χ2v) is 6.62. The van der Waals surface area contributed by atoms with Crippen molar-refractivity contribution in [1.29, 1.82) is 0 Å². The van der Waals surface area contributed by atoms with Crippen molar-refractivity contribution in [3.05, 3.63) is 70.0 Å². The van der Waals surface area contributed by atoms with Gasteiger partial charge in [0.1, 0.15) is 0 Å². The summed E-state index contributed by atoms with van der Waals surface area (Å²) < 4.78 is 1.09. The normalized spacial score (nSPS) is 10.6. The first-order valence-corrected chi connectivity index (χ1v) is 8.36. The van der Waals surface area contributed by atoms with Crippen LogP contribution in [0, 0.1) is 0 Å². The average molecular weight is 359 g/mol. The zero-order valence-electron chi connectivity index (χ0n) is 11.7. The highest BCUT2D eigenvalue weighted by molar-refractivity contribution is 9.10. The zero-order valence-corrected chi connectivity index (χ0v) is 14.1. The highest BCUT2D eigenvalue weighted by Gasteiger charge is 2.09. The van der Waals surface area contributed by atoms with Crippen LogP contribution in [0.3, 0.4) is 0 Å². The summed E-state index contributed by atoms with van der Waals surface area (Å²) in [5, 5.41) is 3.15. The van der Waals surface area contributed by atoms with Crippen LogP contribution in [0.1, 0.15) is 5.56 Å². The molecule has 1 aromatic heterocycles. The Labute approximate surface area is 137 Å². The van der Waals surface area contributed by atoms with Gasteiger partial charge in [0.25, 0.3) is 0 Å². The minimum absolute atomic E-state index is 0.869. The number of thiazole rings is 1. The fraction of sp³-hybridized carbons (Fsp3) is 0.118. The van der Waals surface area contributed by atoms with E-state index in [4.69, 9.17) is 4.98 Å². The third-order valence-electron chi connectivity index (χ3n) is 3.22. The molecular weight excluding hydrogens is 344 g/mol. The number of hydrogen-bond donors (Lipinski definition) is 0. The molecule has 3 rings (SSSR count). The number of benzene rings is 2. The standard InChI is InChI=1S/C17H15BrN2S/c1-20(11-13-5-3-2-4-6-13)17-19-16(12-21-17)14-7-9-15(18)10-8-14/h2-10,12H,11H2,1H3. The monoisotopic (exact) mass is 358 g/mol. The topological polar surface area (TPSA) is 16.1 Å². The van der Waals surface area contributed by atoms with E-state index in [1.807, 2.05) is 18.2 Å². The predicted octanol–water partition coefficient (Wildman–Crippen LogP) is 5.21. The smallest absolute Gasteiger partial charge is 0.185 e. The van der Waals surface area contributed by atoms with E-state index in [1.54, 1.807) is 11.3 Å². The summed E-state index contributed by atoms with van der Waals surface area (Å²) >= 11 is 5.14. The van der Waals surface area contributed by atoms with Crippen LogP contribution in [0.2, 0.25) is 0 Å². The summed E-state index contributed by atoms with van der Waals surface area (Å²) in [5.41, 5.74) is 3.47. The Bertz CT molecular complexity index is 707. The summed E-state index contributed by atoms with van der Waals surface area (Å²) in [6.07, 6.45) is 0. The Balaban J connectivity index is 1.76. The fourth-order valence-electron chi connectivity index (χ4n) is 2.12. The van der Waals surface area contributed by atoms with Crippen LogP contribution in [-0.2, 0) is 6.54 Å². The van der Waals surface area contributed by atoms with Gasteiger partial charge < -0.3 is 4.90 Å². The second kappa shape index (κ2) is 6.41. The number of halogens is 1. The van der Waals surface area contributed by atoms with Crippen LogP contribution in [0.5, 0.6) is 0 Å². The van der Waals surface area contributed by atoms with E-state index in [2.05, 4.69) is 69.7 Å². The molecule has 0 fully saturated rings. The highest BCUT2D eigenvalue weighted by Crippen LogP contribution is 2.28. The van der Waals surface area contributed by atoms with Crippen molar-refractivity contribution in [1.82, 2.24) is 4.98 Å². The van der Waals surface area contributed by atoms with Crippen molar-refractivity contribution >= 4 is 32.4 Å². The van der Waals surface area contributed by atoms with Gasteiger partial charge in [0, 0.05) is 29.0 Å². The number of rotatable bonds is 4. The molecule has 0 aliphatic carbocycles. The Morgan fingerprint density at radius 2 is 1.76 bits per heavy atom. The molecule has 4 heteroatoms. The van der Waals surface area contributed by atoms with E-state index in [0.717, 1.165) is 27.4 Å². The number of nitrogens with zero attached hydrogens (tertiary/aromatic N) is 2. The zero-order chi connectivity index (χ0) is 14.7. The molecule has 0 aliphatic heterocycles. The second-order valence-electron chi connectivity index (χ2n) is 4.86. The predicted molar refractivity (Wildman–Crippen MR) is 93.8 cm³/mol. The van der Waals surface area contributed by atoms with E-state index in [-0.39, 0.29) is 0 Å². The SMILES string of the molecule is CN(Cc1ccccc1)c1nc(-c2ccc(Br)cc2)cs1. The highest BCUT2D eigenvalue weighted by atomic mass is 79.9. The molecule has 106 valence electrons. The van der Waals surface area contributed by atoms with Gasteiger partial charge in [-0.25, -0.2) is 4.98 Å². The van der Waals surface area contributed by atoms with Gasteiger partial charge in [0.2, 0.25) is 0 Å². The summed E-state index contributed by atoms with van der Waals surface area (Å²) in [6, 6.07) is 18.7. The maximum absolute atomic E-state index is 4.74. The molecule has 0 saturated heterocycles. The molecule has 0 atom stereocenters. The number of aromatic nitrogens is 1. The summed E-state index contributed by atoms with van der Waals surface area (Å²) in [5.74, 6) is 0. The summed E-state index contributed by atoms with van der Waals surface area (Å²) in [4.78, 5) is 6.92. The maximum Gasteiger partial charge on any atom is 0.185 e. The molecule has 2 nitrogen and oxygen atoms in total. The quantitative estimate of drug-likeness (QED) is 0.636. The third-order valence-corrected chi connectivity index (χ3v) is 4.70. The summed E-state index contributed by atoms with van der Waals surface area (Å²) in [6.45, 7) is 0.869. The molecule has 0 saturated carbocycles. The van der Waals surface area contributed by atoms with Crippen molar-refractivity contribution in [3.8, 4) is 11.3 Å². The largest absolute Gasteiger partial charge is 0.347 e. The molecule has 21 heavy (non-hydrogen) atoms. The number of anilines is 1. The Hall–Kier alpha value is -1.65. The van der Waals surface area contributed by atoms with Crippen LogP contribution < -0.4 is 4.90 Å². The van der Waals surface area contributed by atoms with Crippen molar-refractivity contribution < 1.29 is 0 Å². The first-order chi connectivity index (χ1) is 10.2. The maximum atomic E-state index is 4.74. The Kier molecular flexibility index (Phi) is 4.36. The molecule has 1 heterocycles. The van der Waals surface area contributed by atoms with Crippen molar-refractivity contribution in [2.24, 2.45) is 0 Å². The van der Waals surface area contributed by atoms with E-state index in [9.17, 15) is 0 Å². The molecule has 0 bridgehead atoms. The fourth-order valence-corrected chi connectivity index (χ4v) is 3.18. The summed E-state index contributed by atoms with van der Waals surface area (Å²) in [7, 11) is 2.08. The van der Waals surface area contributed by atoms with Gasteiger partial charge in [0.15, 0.2) is 5.13 Å². The van der Waals surface area contributed by atoms with Gasteiger partial charge in [-0.15, -0.1) is 11.3 Å². The van der Waals surface area contributed by atoms with Crippen LogP contribution >= 0.6 is 27.3 Å². The van der Waals surface area contributed by atoms with Crippen LogP contribution in [0.4, 0.5) is 5.13 Å². The molecule has 2 aromatic carbocycles. The first-order valence-electron chi connectivity index (χ1n) is 6.69. The molecule has 3 aromatic rings. The van der Waals surface area contributed by atoms with Gasteiger partial charge in [-0.2, -0.15) is 0 Å². The van der Waals surface area contributed by atoms with Gasteiger partial charge in [0.05, 0.1) is 5.69 Å². The van der Waals surface area contributed by atoms with Crippen molar-refractivity contribution in [3.63, 3.8) is 0 Å². The van der Waals surface area contributed by atoms with Crippen molar-refractivity contribution in [2.45, 2.75) is 6.54 Å². The van der Waals surface area contributed by atoms with Crippen LogP contribution in [0.15, 0.2) is 64.5 Å². The lowest BCUT2D eigenvalue weighted by atomic mass is 10.2. The minimum Gasteiger partial charge on any atom is -0.347 e. The lowest BCUT2D eigenvalue weighted by Crippen LogP contribution is -2.15. The van der Waals surface area contributed by atoms with E-state index < -0.39 is 0 Å². The molecule has 0 unspecified atom stereocenters. The Morgan fingerprint density at radius 1 is 1.05 bits per heavy atom. The van der Waals surface area contributed by atoms with Gasteiger partial charge in [-0.3, -0.25) is 0 Å². The van der Waals surface area contributed by atoms with Crippen LogP contribution in [0.25, 0.3) is 11.3 Å². The number of hydrogen-bond acceptors (Lipinski definition) is 3. The molecule has 0 aliphatic rings. The molecular formula is C17H15BrN2S. The van der Waals surface area contributed by atoms with Crippen LogP contribution in [-0.4, -0.2) is 12.0 Å². The lowest BCUT2D eigenvalue weighted by molar-refractivity contribution is 0.915. The van der Waals surface area contributed by atoms with Gasteiger partial charge in [-0.1, -0.05) is 58.4 Å². The molecule has 0 N–H and O–H groups in total. The lowest BCUT2D eigenvalue weighted by Gasteiger charge is -2.15. The van der Waals surface area contributed by atoms with E-state index >= 15 is 0 Å². The minimum atomic E-state index is 0.869. The third kappa shape index (κ3) is 3.52.